The van der Waals surface area contributed by atoms with Crippen molar-refractivity contribution in [3.63, 3.8) is 0 Å². The van der Waals surface area contributed by atoms with E-state index in [1.165, 1.54) is 13.2 Å². The summed E-state index contributed by atoms with van der Waals surface area (Å²) in [5, 5.41) is 3.06. The number of methoxy groups -OCH3 is 1. The highest BCUT2D eigenvalue weighted by molar-refractivity contribution is 7.09. The molecule has 1 aromatic carbocycles. The summed E-state index contributed by atoms with van der Waals surface area (Å²) in [5.41, 5.74) is 7.96. The number of aryl methyl sites for hydroxylation is 1. The van der Waals surface area contributed by atoms with Crippen LogP contribution in [0.3, 0.4) is 0 Å². The maximum Gasteiger partial charge on any atom is 0.165 e. The van der Waals surface area contributed by atoms with Crippen molar-refractivity contribution in [2.45, 2.75) is 25.8 Å². The van der Waals surface area contributed by atoms with Gasteiger partial charge in [-0.05, 0) is 31.0 Å². The lowest BCUT2D eigenvalue weighted by atomic mass is 10.0. The fraction of sp³-hybridized carbons (Fsp3) is 0.357. The molecule has 2 N–H and O–H groups in total. The summed E-state index contributed by atoms with van der Waals surface area (Å²) < 4.78 is 18.4. The maximum absolute atomic E-state index is 13.6. The Morgan fingerprint density at radius 1 is 1.42 bits per heavy atom. The molecule has 0 spiro atoms. The average Bonchev–Trinajstić information content (AvgIpc) is 2.74. The van der Waals surface area contributed by atoms with Gasteiger partial charge in [-0.1, -0.05) is 6.07 Å². The number of hydrogen-bond acceptors (Lipinski definition) is 4. The third-order valence-electron chi connectivity index (χ3n) is 2.85. The van der Waals surface area contributed by atoms with Crippen LogP contribution in [0.4, 0.5) is 4.39 Å². The zero-order chi connectivity index (χ0) is 13.8. The first-order valence-corrected chi connectivity index (χ1v) is 6.95. The third-order valence-corrected chi connectivity index (χ3v) is 3.67. The minimum Gasteiger partial charge on any atom is -0.494 e. The van der Waals surface area contributed by atoms with Gasteiger partial charge >= 0.3 is 0 Å². The van der Waals surface area contributed by atoms with Crippen LogP contribution in [0.2, 0.25) is 0 Å². The van der Waals surface area contributed by atoms with E-state index in [1.54, 1.807) is 17.4 Å². The van der Waals surface area contributed by atoms with Crippen LogP contribution in [0.1, 0.15) is 16.3 Å². The van der Waals surface area contributed by atoms with Gasteiger partial charge < -0.3 is 10.5 Å². The molecule has 0 fully saturated rings. The Bertz CT molecular complexity index is 556. The van der Waals surface area contributed by atoms with Gasteiger partial charge in [0.05, 0.1) is 17.8 Å². The van der Waals surface area contributed by atoms with Gasteiger partial charge in [-0.3, -0.25) is 0 Å². The molecule has 1 heterocycles. The van der Waals surface area contributed by atoms with Gasteiger partial charge in [0.25, 0.3) is 0 Å². The lowest BCUT2D eigenvalue weighted by Gasteiger charge is -2.11. The second-order valence-corrected chi connectivity index (χ2v) is 5.56. The smallest absolute Gasteiger partial charge is 0.165 e. The fourth-order valence-electron chi connectivity index (χ4n) is 1.98. The molecule has 102 valence electrons. The van der Waals surface area contributed by atoms with Gasteiger partial charge in [0, 0.05) is 17.8 Å². The second kappa shape index (κ2) is 6.12. The number of rotatable bonds is 5. The highest BCUT2D eigenvalue weighted by Gasteiger charge is 2.10. The average molecular weight is 280 g/mol. The molecule has 0 saturated carbocycles. The van der Waals surface area contributed by atoms with E-state index in [1.807, 2.05) is 18.4 Å². The third kappa shape index (κ3) is 3.75. The lowest BCUT2D eigenvalue weighted by Crippen LogP contribution is -2.25. The van der Waals surface area contributed by atoms with Crippen LogP contribution in [-0.2, 0) is 12.8 Å². The first kappa shape index (κ1) is 14.0. The Balaban J connectivity index is 1.98. The lowest BCUT2D eigenvalue weighted by molar-refractivity contribution is 0.386. The predicted molar refractivity (Wildman–Crippen MR) is 75.2 cm³/mol. The van der Waals surface area contributed by atoms with Crippen molar-refractivity contribution in [1.82, 2.24) is 4.98 Å². The topological polar surface area (TPSA) is 48.1 Å². The molecule has 19 heavy (non-hydrogen) atoms. The predicted octanol–water partition coefficient (Wildman–Crippen LogP) is 2.71. The van der Waals surface area contributed by atoms with E-state index in [4.69, 9.17) is 10.5 Å². The van der Waals surface area contributed by atoms with Crippen LogP contribution in [0.25, 0.3) is 0 Å². The molecule has 0 aliphatic rings. The first-order valence-electron chi connectivity index (χ1n) is 6.07. The molecule has 1 unspecified atom stereocenters. The minimum absolute atomic E-state index is 0.0608. The van der Waals surface area contributed by atoms with Crippen LogP contribution in [0.5, 0.6) is 5.75 Å². The van der Waals surface area contributed by atoms with E-state index in [0.717, 1.165) is 16.3 Å². The number of halogens is 1. The molecule has 2 aromatic rings. The molecule has 0 aliphatic carbocycles. The van der Waals surface area contributed by atoms with Crippen LogP contribution in [-0.4, -0.2) is 18.1 Å². The highest BCUT2D eigenvalue weighted by atomic mass is 32.1. The van der Waals surface area contributed by atoms with E-state index in [2.05, 4.69) is 4.98 Å². The number of aromatic nitrogens is 1. The quantitative estimate of drug-likeness (QED) is 0.916. The maximum atomic E-state index is 13.6. The van der Waals surface area contributed by atoms with Gasteiger partial charge in [0.15, 0.2) is 11.6 Å². The van der Waals surface area contributed by atoms with E-state index in [0.29, 0.717) is 12.8 Å². The largest absolute Gasteiger partial charge is 0.494 e. The summed E-state index contributed by atoms with van der Waals surface area (Å²) in [6.45, 7) is 1.97. The number of benzene rings is 1. The summed E-state index contributed by atoms with van der Waals surface area (Å²) in [6.07, 6.45) is 1.33. The normalized spacial score (nSPS) is 12.4. The van der Waals surface area contributed by atoms with Crippen LogP contribution in [0, 0.1) is 12.7 Å². The van der Waals surface area contributed by atoms with E-state index in [-0.39, 0.29) is 17.6 Å². The zero-order valence-electron chi connectivity index (χ0n) is 11.0. The fourth-order valence-corrected chi connectivity index (χ4v) is 2.61. The van der Waals surface area contributed by atoms with Gasteiger partial charge in [-0.2, -0.15) is 0 Å². The van der Waals surface area contributed by atoms with Crippen molar-refractivity contribution < 1.29 is 9.13 Å². The summed E-state index contributed by atoms with van der Waals surface area (Å²) in [4.78, 5) is 4.38. The van der Waals surface area contributed by atoms with Crippen molar-refractivity contribution in [3.8, 4) is 5.75 Å². The Labute approximate surface area is 116 Å². The number of hydrogen-bond donors (Lipinski definition) is 1. The number of ether oxygens (including phenoxy) is 1. The molecule has 2 rings (SSSR count). The molecular weight excluding hydrogens is 263 g/mol. The zero-order valence-corrected chi connectivity index (χ0v) is 11.8. The Kier molecular flexibility index (Phi) is 4.50. The van der Waals surface area contributed by atoms with Gasteiger partial charge in [-0.15, -0.1) is 11.3 Å². The van der Waals surface area contributed by atoms with Gasteiger partial charge in [0.1, 0.15) is 0 Å². The number of thiazole rings is 1. The Hall–Kier alpha value is -1.46. The molecule has 0 bridgehead atoms. The molecule has 3 nitrogen and oxygen atoms in total. The SMILES string of the molecule is COc1ccc(CC(N)Cc2csc(C)n2)cc1F. The molecule has 1 aromatic heterocycles. The van der Waals surface area contributed by atoms with Crippen LogP contribution < -0.4 is 10.5 Å². The van der Waals surface area contributed by atoms with Crippen LogP contribution >= 0.6 is 11.3 Å². The first-order chi connectivity index (χ1) is 9.08. The Morgan fingerprint density at radius 2 is 2.21 bits per heavy atom. The van der Waals surface area contributed by atoms with Crippen molar-refractivity contribution in [2.24, 2.45) is 5.73 Å². The van der Waals surface area contributed by atoms with Crippen molar-refractivity contribution in [1.29, 1.82) is 0 Å². The summed E-state index contributed by atoms with van der Waals surface area (Å²) in [7, 11) is 1.45. The Morgan fingerprint density at radius 3 is 2.79 bits per heavy atom. The highest BCUT2D eigenvalue weighted by Crippen LogP contribution is 2.19. The standard InChI is InChI=1S/C14H17FN2OS/c1-9-17-12(8-19-9)7-11(16)5-10-3-4-14(18-2)13(15)6-10/h3-4,6,8,11H,5,7,16H2,1-2H3. The molecule has 0 amide bonds. The molecule has 0 saturated heterocycles. The minimum atomic E-state index is -0.350. The second-order valence-electron chi connectivity index (χ2n) is 4.50. The molecule has 0 aliphatic heterocycles. The van der Waals surface area contributed by atoms with Crippen LogP contribution in [0.15, 0.2) is 23.6 Å². The molecule has 0 radical (unpaired) electrons. The molecular formula is C14H17FN2OS. The van der Waals surface area contributed by atoms with E-state index >= 15 is 0 Å². The van der Waals surface area contributed by atoms with Crippen molar-refractivity contribution in [3.05, 3.63) is 45.7 Å². The van der Waals surface area contributed by atoms with Crippen molar-refractivity contribution >= 4 is 11.3 Å². The van der Waals surface area contributed by atoms with E-state index in [9.17, 15) is 4.39 Å². The van der Waals surface area contributed by atoms with Crippen molar-refractivity contribution in [2.75, 3.05) is 7.11 Å². The van der Waals surface area contributed by atoms with Gasteiger partial charge in [-0.25, -0.2) is 9.37 Å². The van der Waals surface area contributed by atoms with Gasteiger partial charge in [0.2, 0.25) is 0 Å². The monoisotopic (exact) mass is 280 g/mol. The summed E-state index contributed by atoms with van der Waals surface area (Å²) >= 11 is 1.62. The number of nitrogens with zero attached hydrogens (tertiary/aromatic N) is 1. The summed E-state index contributed by atoms with van der Waals surface area (Å²) in [5.74, 6) is -0.0934. The number of nitrogens with two attached hydrogens (primary N) is 1. The summed E-state index contributed by atoms with van der Waals surface area (Å²) in [6, 6.07) is 4.89. The molecule has 5 heteroatoms. The molecule has 1 atom stereocenters. The van der Waals surface area contributed by atoms with E-state index < -0.39 is 0 Å².